The van der Waals surface area contributed by atoms with Crippen LogP contribution < -0.4 is 0 Å². The van der Waals surface area contributed by atoms with Crippen molar-refractivity contribution in [2.24, 2.45) is 0 Å². The van der Waals surface area contributed by atoms with E-state index >= 15 is 0 Å². The number of hydrogen-bond acceptors (Lipinski definition) is 0. The SMILES string of the molecule is [2H]C([2H])(Br)C([2H])([2H])c1ccc(Br)cc1. The van der Waals surface area contributed by atoms with Gasteiger partial charge in [0.15, 0.2) is 0 Å². The molecule has 0 N–H and O–H groups in total. The highest BCUT2D eigenvalue weighted by Crippen LogP contribution is 2.11. The van der Waals surface area contributed by atoms with Crippen LogP contribution in [0.15, 0.2) is 28.7 Å². The van der Waals surface area contributed by atoms with Crippen LogP contribution in [-0.2, 0) is 6.37 Å². The Bertz CT molecular complexity index is 315. The van der Waals surface area contributed by atoms with Gasteiger partial charge in [-0.3, -0.25) is 0 Å². The highest BCUT2D eigenvalue weighted by Gasteiger charge is 1.89. The van der Waals surface area contributed by atoms with Crippen LogP contribution in [0.4, 0.5) is 0 Å². The highest BCUT2D eigenvalue weighted by atomic mass is 79.9. The molecule has 0 aliphatic heterocycles. The predicted octanol–water partition coefficient (Wildman–Crippen LogP) is 3.39. The molecule has 0 atom stereocenters. The lowest BCUT2D eigenvalue weighted by molar-refractivity contribution is 1.17. The third-order valence-corrected chi connectivity index (χ3v) is 1.76. The third kappa shape index (κ3) is 2.43. The fourth-order valence-electron chi connectivity index (χ4n) is 0.588. The molecule has 0 unspecified atom stereocenters. The molecular formula is C8H8Br2. The number of alkyl halides is 1. The number of benzene rings is 1. The average molecular weight is 268 g/mol. The number of rotatable bonds is 2. The van der Waals surface area contributed by atoms with Crippen molar-refractivity contribution in [2.45, 2.75) is 6.37 Å². The first-order valence-electron chi connectivity index (χ1n) is 4.70. The first kappa shape index (κ1) is 4.27. The van der Waals surface area contributed by atoms with E-state index in [1.165, 1.54) is 0 Å². The Morgan fingerprint density at radius 3 is 2.40 bits per heavy atom. The fourth-order valence-corrected chi connectivity index (χ4v) is 1.08. The second kappa shape index (κ2) is 4.14. The third-order valence-electron chi connectivity index (χ3n) is 1.04. The summed E-state index contributed by atoms with van der Waals surface area (Å²) in [6, 6.07) is 6.49. The van der Waals surface area contributed by atoms with E-state index in [4.69, 9.17) is 5.48 Å². The van der Waals surface area contributed by atoms with Crippen LogP contribution in [0.5, 0.6) is 0 Å². The average Bonchev–Trinajstić information content (AvgIpc) is 2.03. The molecule has 0 saturated heterocycles. The van der Waals surface area contributed by atoms with E-state index in [1.54, 1.807) is 24.3 Å². The smallest absolute Gasteiger partial charge is 0.0390 e. The summed E-state index contributed by atoms with van der Waals surface area (Å²) in [6.45, 7) is 0. The molecule has 1 rings (SSSR count). The topological polar surface area (TPSA) is 0 Å². The first-order valence-corrected chi connectivity index (χ1v) is 4.29. The van der Waals surface area contributed by atoms with Crippen molar-refractivity contribution in [3.8, 4) is 0 Å². The molecule has 0 amide bonds. The molecule has 1 aromatic carbocycles. The van der Waals surface area contributed by atoms with Crippen LogP contribution in [0.2, 0.25) is 0 Å². The van der Waals surface area contributed by atoms with Gasteiger partial charge in [-0.15, -0.1) is 0 Å². The van der Waals surface area contributed by atoms with E-state index in [1.807, 2.05) is 0 Å². The van der Waals surface area contributed by atoms with Crippen molar-refractivity contribution in [1.82, 2.24) is 0 Å². The van der Waals surface area contributed by atoms with Crippen LogP contribution in [-0.4, -0.2) is 5.28 Å². The Hall–Kier alpha value is 0.180. The van der Waals surface area contributed by atoms with Crippen molar-refractivity contribution in [1.29, 1.82) is 0 Å². The van der Waals surface area contributed by atoms with Crippen LogP contribution in [0, 0.1) is 0 Å². The van der Waals surface area contributed by atoms with Gasteiger partial charge in [0.05, 0.1) is 0 Å². The van der Waals surface area contributed by atoms with Crippen molar-refractivity contribution in [3.63, 3.8) is 0 Å². The largest absolute Gasteiger partial charge is 0.0924 e. The second-order valence-corrected chi connectivity index (χ2v) is 3.04. The summed E-state index contributed by atoms with van der Waals surface area (Å²) in [5, 5.41) is -2.08. The number of halogens is 2. The zero-order valence-electron chi connectivity index (χ0n) is 9.07. The number of aryl methyl sites for hydroxylation is 1. The lowest BCUT2D eigenvalue weighted by atomic mass is 10.2. The molecule has 0 fully saturated rings. The van der Waals surface area contributed by atoms with Crippen LogP contribution in [0.3, 0.4) is 0 Å². The van der Waals surface area contributed by atoms with Gasteiger partial charge in [-0.05, 0) is 24.1 Å². The van der Waals surface area contributed by atoms with E-state index in [0.717, 1.165) is 4.47 Å². The van der Waals surface area contributed by atoms with Gasteiger partial charge in [-0.1, -0.05) is 44.0 Å². The van der Waals surface area contributed by atoms with Gasteiger partial charge in [0.25, 0.3) is 0 Å². The molecule has 54 valence electrons. The van der Waals surface area contributed by atoms with Gasteiger partial charge in [-0.2, -0.15) is 0 Å². The summed E-state index contributed by atoms with van der Waals surface area (Å²) in [5.41, 5.74) is 0.308. The normalized spacial score (nSPS) is 18.6. The molecule has 0 heterocycles. The fraction of sp³-hybridized carbons (Fsp3) is 0.250. The maximum atomic E-state index is 7.62. The molecule has 0 radical (unpaired) electrons. The molecule has 0 aliphatic rings. The zero-order valence-corrected chi connectivity index (χ0v) is 8.24. The quantitative estimate of drug-likeness (QED) is 0.721. The standard InChI is InChI=1S/C8H8Br2/c9-6-5-7-1-3-8(10)4-2-7/h1-4H,5-6H2/i5D2,6D2. The second-order valence-electron chi connectivity index (χ2n) is 1.73. The van der Waals surface area contributed by atoms with Crippen LogP contribution in [0.1, 0.15) is 11.0 Å². The van der Waals surface area contributed by atoms with E-state index in [0.29, 0.717) is 5.56 Å². The summed E-state index contributed by atoms with van der Waals surface area (Å²) >= 11 is 5.94. The first-order chi connectivity index (χ1) is 6.25. The molecule has 0 spiro atoms. The van der Waals surface area contributed by atoms with Gasteiger partial charge < -0.3 is 0 Å². The van der Waals surface area contributed by atoms with Crippen LogP contribution in [0.25, 0.3) is 0 Å². The summed E-state index contributed by atoms with van der Waals surface area (Å²) < 4.78 is 30.7. The van der Waals surface area contributed by atoms with E-state index in [-0.39, 0.29) is 0 Å². The molecule has 0 saturated carbocycles. The Labute approximate surface area is 83.5 Å². The summed E-state index contributed by atoms with van der Waals surface area (Å²) in [4.78, 5) is 0. The lowest BCUT2D eigenvalue weighted by Gasteiger charge is -1.95. The summed E-state index contributed by atoms with van der Waals surface area (Å²) in [6.07, 6.45) is -2.05. The lowest BCUT2D eigenvalue weighted by Crippen LogP contribution is -1.83. The van der Waals surface area contributed by atoms with Gasteiger partial charge >= 0.3 is 0 Å². The highest BCUT2D eigenvalue weighted by molar-refractivity contribution is 9.10. The predicted molar refractivity (Wildman–Crippen MR) is 51.6 cm³/mol. The number of hydrogen-bond donors (Lipinski definition) is 0. The molecule has 2 heteroatoms. The molecule has 0 aliphatic carbocycles. The Morgan fingerprint density at radius 1 is 1.30 bits per heavy atom. The zero-order chi connectivity index (χ0) is 11.0. The van der Waals surface area contributed by atoms with E-state index < -0.39 is 11.7 Å². The van der Waals surface area contributed by atoms with Gasteiger partial charge in [0, 0.05) is 15.2 Å². The van der Waals surface area contributed by atoms with Gasteiger partial charge in [0.2, 0.25) is 0 Å². The molecule has 0 aromatic heterocycles. The van der Waals surface area contributed by atoms with Crippen LogP contribution >= 0.6 is 31.9 Å². The van der Waals surface area contributed by atoms with Crippen molar-refractivity contribution >= 4 is 31.9 Å². The molecule has 0 nitrogen and oxygen atoms in total. The minimum Gasteiger partial charge on any atom is -0.0924 e. The van der Waals surface area contributed by atoms with Crippen molar-refractivity contribution in [2.75, 3.05) is 5.28 Å². The Morgan fingerprint density at radius 2 is 1.90 bits per heavy atom. The monoisotopic (exact) mass is 266 g/mol. The van der Waals surface area contributed by atoms with Crippen molar-refractivity contribution in [3.05, 3.63) is 34.3 Å². The van der Waals surface area contributed by atoms with E-state index in [9.17, 15) is 0 Å². The molecule has 10 heavy (non-hydrogen) atoms. The maximum absolute atomic E-state index is 7.62. The summed E-state index contributed by atoms with van der Waals surface area (Å²) in [5.74, 6) is 0. The maximum Gasteiger partial charge on any atom is 0.0390 e. The van der Waals surface area contributed by atoms with Crippen molar-refractivity contribution < 1.29 is 5.48 Å². The Kier molecular flexibility index (Phi) is 1.77. The van der Waals surface area contributed by atoms with Gasteiger partial charge in [0.1, 0.15) is 0 Å². The molecule has 0 bridgehead atoms. The minimum atomic E-state index is -2.08. The summed E-state index contributed by atoms with van der Waals surface area (Å²) in [7, 11) is 0. The minimum absolute atomic E-state index is 0.308. The molecule has 1 aromatic rings. The molecular weight excluding hydrogens is 256 g/mol. The van der Waals surface area contributed by atoms with Gasteiger partial charge in [-0.25, -0.2) is 0 Å². The Balaban J connectivity index is 3.10. The van der Waals surface area contributed by atoms with E-state index in [2.05, 4.69) is 31.9 Å².